The molecule has 4 nitrogen and oxygen atoms in total. The van der Waals surface area contributed by atoms with Crippen molar-refractivity contribution in [3.05, 3.63) is 35.9 Å². The van der Waals surface area contributed by atoms with Gasteiger partial charge in [0.1, 0.15) is 0 Å². The largest absolute Gasteiger partial charge is 0.352 e. The molecule has 16 heavy (non-hydrogen) atoms. The van der Waals surface area contributed by atoms with Crippen molar-refractivity contribution in [2.75, 3.05) is 6.54 Å². The van der Waals surface area contributed by atoms with Crippen LogP contribution in [0.15, 0.2) is 30.3 Å². The highest BCUT2D eigenvalue weighted by Crippen LogP contribution is 1.97. The second-order valence-electron chi connectivity index (χ2n) is 3.77. The lowest BCUT2D eigenvalue weighted by Crippen LogP contribution is -2.39. The molecule has 0 saturated carbocycles. The minimum absolute atomic E-state index is 0.00586. The van der Waals surface area contributed by atoms with Crippen molar-refractivity contribution in [3.8, 4) is 0 Å². The summed E-state index contributed by atoms with van der Waals surface area (Å²) in [5.74, 6) is -0.418. The molecular formula is C12H16N2O2. The topological polar surface area (TPSA) is 58.2 Å². The molecule has 0 bridgehead atoms. The van der Waals surface area contributed by atoms with Gasteiger partial charge in [-0.1, -0.05) is 18.2 Å². The molecule has 0 aliphatic rings. The molecule has 0 aliphatic heterocycles. The highest BCUT2D eigenvalue weighted by molar-refractivity contribution is 5.96. The summed E-state index contributed by atoms with van der Waals surface area (Å²) in [5, 5.41) is 5.25. The van der Waals surface area contributed by atoms with Crippen LogP contribution in [0.5, 0.6) is 0 Å². The molecule has 1 aromatic rings. The molecule has 0 atom stereocenters. The van der Waals surface area contributed by atoms with E-state index in [-0.39, 0.29) is 24.4 Å². The van der Waals surface area contributed by atoms with Crippen molar-refractivity contribution < 1.29 is 9.59 Å². The van der Waals surface area contributed by atoms with E-state index in [1.807, 2.05) is 19.9 Å². The molecule has 0 heterocycles. The number of carbonyl (C=O) groups excluding carboxylic acids is 2. The minimum Gasteiger partial charge on any atom is -0.352 e. The fraction of sp³-hybridized carbons (Fsp3) is 0.333. The molecule has 0 spiro atoms. The zero-order valence-corrected chi connectivity index (χ0v) is 9.49. The third-order valence-corrected chi connectivity index (χ3v) is 1.90. The van der Waals surface area contributed by atoms with Crippen LogP contribution < -0.4 is 10.6 Å². The van der Waals surface area contributed by atoms with Crippen LogP contribution in [0.4, 0.5) is 0 Å². The molecule has 0 fully saturated rings. The first kappa shape index (κ1) is 12.2. The smallest absolute Gasteiger partial charge is 0.251 e. The van der Waals surface area contributed by atoms with Crippen LogP contribution in [0.3, 0.4) is 0 Å². The second kappa shape index (κ2) is 5.90. The standard InChI is InChI=1S/C12H16N2O2/c1-9(2)14-11(15)8-13-12(16)10-6-4-3-5-7-10/h3-7,9H,8H2,1-2H3,(H,13,16)(H,14,15). The SMILES string of the molecule is CC(C)NC(=O)CNC(=O)c1ccccc1. The maximum atomic E-state index is 11.5. The number of hydrogen-bond donors (Lipinski definition) is 2. The van der Waals surface area contributed by atoms with Crippen LogP contribution in [0.2, 0.25) is 0 Å². The van der Waals surface area contributed by atoms with Gasteiger partial charge in [-0.2, -0.15) is 0 Å². The molecular weight excluding hydrogens is 204 g/mol. The average Bonchev–Trinajstić information content (AvgIpc) is 2.26. The highest BCUT2D eigenvalue weighted by Gasteiger charge is 2.07. The van der Waals surface area contributed by atoms with E-state index in [0.717, 1.165) is 0 Å². The van der Waals surface area contributed by atoms with Crippen LogP contribution in [0.25, 0.3) is 0 Å². The Labute approximate surface area is 95.0 Å². The lowest BCUT2D eigenvalue weighted by atomic mass is 10.2. The Morgan fingerprint density at radius 2 is 1.81 bits per heavy atom. The van der Waals surface area contributed by atoms with Gasteiger partial charge in [-0.3, -0.25) is 9.59 Å². The summed E-state index contributed by atoms with van der Waals surface area (Å²) in [4.78, 5) is 22.8. The zero-order valence-electron chi connectivity index (χ0n) is 9.49. The zero-order chi connectivity index (χ0) is 12.0. The van der Waals surface area contributed by atoms with E-state index in [0.29, 0.717) is 5.56 Å². The van der Waals surface area contributed by atoms with E-state index >= 15 is 0 Å². The van der Waals surface area contributed by atoms with Crippen LogP contribution >= 0.6 is 0 Å². The van der Waals surface area contributed by atoms with E-state index in [2.05, 4.69) is 10.6 Å². The Hall–Kier alpha value is -1.84. The second-order valence-corrected chi connectivity index (χ2v) is 3.77. The number of rotatable bonds is 4. The van der Waals surface area contributed by atoms with Gasteiger partial charge < -0.3 is 10.6 Å². The predicted molar refractivity (Wildman–Crippen MR) is 62.1 cm³/mol. The third-order valence-electron chi connectivity index (χ3n) is 1.90. The summed E-state index contributed by atoms with van der Waals surface area (Å²) in [7, 11) is 0. The summed E-state index contributed by atoms with van der Waals surface area (Å²) in [6.45, 7) is 3.75. The number of carbonyl (C=O) groups is 2. The van der Waals surface area contributed by atoms with Gasteiger partial charge >= 0.3 is 0 Å². The molecule has 4 heteroatoms. The van der Waals surface area contributed by atoms with Crippen molar-refractivity contribution in [1.82, 2.24) is 10.6 Å². The van der Waals surface area contributed by atoms with Gasteiger partial charge in [0.15, 0.2) is 0 Å². The van der Waals surface area contributed by atoms with Crippen LogP contribution in [0, 0.1) is 0 Å². The van der Waals surface area contributed by atoms with Crippen molar-refractivity contribution >= 4 is 11.8 Å². The van der Waals surface area contributed by atoms with Crippen molar-refractivity contribution in [2.45, 2.75) is 19.9 Å². The van der Waals surface area contributed by atoms with Gasteiger partial charge in [0.05, 0.1) is 6.54 Å². The molecule has 0 unspecified atom stereocenters. The van der Waals surface area contributed by atoms with E-state index in [4.69, 9.17) is 0 Å². The number of benzene rings is 1. The van der Waals surface area contributed by atoms with Crippen molar-refractivity contribution in [1.29, 1.82) is 0 Å². The highest BCUT2D eigenvalue weighted by atomic mass is 16.2. The number of hydrogen-bond acceptors (Lipinski definition) is 2. The van der Waals surface area contributed by atoms with Gasteiger partial charge in [0, 0.05) is 11.6 Å². The molecule has 0 aromatic heterocycles. The normalized spacial score (nSPS) is 9.94. The van der Waals surface area contributed by atoms with E-state index < -0.39 is 0 Å². The Morgan fingerprint density at radius 3 is 2.38 bits per heavy atom. The Balaban J connectivity index is 2.39. The van der Waals surface area contributed by atoms with Crippen LogP contribution in [-0.2, 0) is 4.79 Å². The predicted octanol–water partition coefficient (Wildman–Crippen LogP) is 0.941. The molecule has 86 valence electrons. The molecule has 2 N–H and O–H groups in total. The summed E-state index contributed by atoms with van der Waals surface area (Å²) in [6, 6.07) is 8.89. The van der Waals surface area contributed by atoms with Gasteiger partial charge in [-0.05, 0) is 26.0 Å². The van der Waals surface area contributed by atoms with E-state index in [1.54, 1.807) is 24.3 Å². The fourth-order valence-electron chi connectivity index (χ4n) is 1.23. The summed E-state index contributed by atoms with van der Waals surface area (Å²) in [6.07, 6.45) is 0. The maximum Gasteiger partial charge on any atom is 0.251 e. The first-order valence-electron chi connectivity index (χ1n) is 5.22. The van der Waals surface area contributed by atoms with Gasteiger partial charge in [-0.15, -0.1) is 0 Å². The molecule has 2 amide bonds. The van der Waals surface area contributed by atoms with E-state index in [9.17, 15) is 9.59 Å². The summed E-state index contributed by atoms with van der Waals surface area (Å²) >= 11 is 0. The molecule has 0 radical (unpaired) electrons. The first-order valence-corrected chi connectivity index (χ1v) is 5.22. The first-order chi connectivity index (χ1) is 7.59. The van der Waals surface area contributed by atoms with Crippen LogP contribution in [0.1, 0.15) is 24.2 Å². The van der Waals surface area contributed by atoms with Crippen molar-refractivity contribution in [2.24, 2.45) is 0 Å². The Bertz CT molecular complexity index is 361. The van der Waals surface area contributed by atoms with Gasteiger partial charge in [-0.25, -0.2) is 0 Å². The van der Waals surface area contributed by atoms with E-state index in [1.165, 1.54) is 0 Å². The molecule has 0 aliphatic carbocycles. The Kier molecular flexibility index (Phi) is 4.51. The van der Waals surface area contributed by atoms with Crippen LogP contribution in [-0.4, -0.2) is 24.4 Å². The maximum absolute atomic E-state index is 11.5. The van der Waals surface area contributed by atoms with Crippen molar-refractivity contribution in [3.63, 3.8) is 0 Å². The minimum atomic E-state index is -0.237. The summed E-state index contributed by atoms with van der Waals surface area (Å²) < 4.78 is 0. The average molecular weight is 220 g/mol. The fourth-order valence-corrected chi connectivity index (χ4v) is 1.23. The lowest BCUT2D eigenvalue weighted by Gasteiger charge is -2.09. The van der Waals surface area contributed by atoms with Gasteiger partial charge in [0.2, 0.25) is 5.91 Å². The molecule has 0 saturated heterocycles. The Morgan fingerprint density at radius 1 is 1.19 bits per heavy atom. The third kappa shape index (κ3) is 4.13. The molecule has 1 rings (SSSR count). The monoisotopic (exact) mass is 220 g/mol. The molecule has 1 aromatic carbocycles. The number of amides is 2. The summed E-state index contributed by atoms with van der Waals surface area (Å²) in [5.41, 5.74) is 0.555. The quantitative estimate of drug-likeness (QED) is 0.793. The number of nitrogens with one attached hydrogen (secondary N) is 2. The van der Waals surface area contributed by atoms with Gasteiger partial charge in [0.25, 0.3) is 5.91 Å². The lowest BCUT2D eigenvalue weighted by molar-refractivity contribution is -0.120.